The van der Waals surface area contributed by atoms with Gasteiger partial charge in [0.05, 0.1) is 15.8 Å². The van der Waals surface area contributed by atoms with Crippen molar-refractivity contribution in [2.24, 2.45) is 11.1 Å². The molecule has 0 radical (unpaired) electrons. The minimum atomic E-state index is 0.517. The number of hydrogen-bond donors (Lipinski definition) is 1. The van der Waals surface area contributed by atoms with Crippen LogP contribution in [0.3, 0.4) is 0 Å². The fraction of sp³-hybridized carbons (Fsp3) is 0.357. The molecule has 0 aliphatic carbocycles. The highest BCUT2D eigenvalue weighted by Crippen LogP contribution is 2.23. The molecule has 98 valence electrons. The molecular formula is C14H17Cl2NO. The lowest BCUT2D eigenvalue weighted by atomic mass is 10.0. The van der Waals surface area contributed by atoms with Crippen LogP contribution in [0.5, 0.6) is 0 Å². The lowest BCUT2D eigenvalue weighted by Gasteiger charge is -2.03. The van der Waals surface area contributed by atoms with Gasteiger partial charge < -0.3 is 5.21 Å². The third-order valence-corrected chi connectivity index (χ3v) is 3.26. The average molecular weight is 286 g/mol. The van der Waals surface area contributed by atoms with E-state index in [-0.39, 0.29) is 0 Å². The van der Waals surface area contributed by atoms with Gasteiger partial charge in [-0.1, -0.05) is 54.3 Å². The van der Waals surface area contributed by atoms with E-state index >= 15 is 0 Å². The molecule has 0 atom stereocenters. The molecule has 0 bridgehead atoms. The van der Waals surface area contributed by atoms with Gasteiger partial charge in [0, 0.05) is 0 Å². The van der Waals surface area contributed by atoms with Gasteiger partial charge in [-0.05, 0) is 42.5 Å². The SMILES string of the molecule is CC(C)CCC(/C=C/c1ccc(Cl)c(Cl)c1)=N\O. The Morgan fingerprint density at radius 1 is 1.33 bits per heavy atom. The van der Waals surface area contributed by atoms with E-state index in [1.54, 1.807) is 18.2 Å². The molecule has 0 fully saturated rings. The van der Waals surface area contributed by atoms with Crippen molar-refractivity contribution in [1.29, 1.82) is 0 Å². The summed E-state index contributed by atoms with van der Waals surface area (Å²) >= 11 is 11.8. The van der Waals surface area contributed by atoms with Crippen molar-refractivity contribution in [2.45, 2.75) is 26.7 Å². The van der Waals surface area contributed by atoms with Crippen LogP contribution in [0.2, 0.25) is 10.0 Å². The molecule has 1 aromatic carbocycles. The molecule has 0 aliphatic heterocycles. The van der Waals surface area contributed by atoms with E-state index in [9.17, 15) is 0 Å². The van der Waals surface area contributed by atoms with Crippen molar-refractivity contribution in [3.8, 4) is 0 Å². The van der Waals surface area contributed by atoms with Gasteiger partial charge >= 0.3 is 0 Å². The van der Waals surface area contributed by atoms with Gasteiger partial charge in [-0.25, -0.2) is 0 Å². The monoisotopic (exact) mass is 285 g/mol. The summed E-state index contributed by atoms with van der Waals surface area (Å²) in [5.41, 5.74) is 1.59. The van der Waals surface area contributed by atoms with E-state index < -0.39 is 0 Å². The minimum absolute atomic E-state index is 0.517. The zero-order valence-electron chi connectivity index (χ0n) is 10.5. The summed E-state index contributed by atoms with van der Waals surface area (Å²) in [4.78, 5) is 0. The van der Waals surface area contributed by atoms with Crippen LogP contribution in [-0.4, -0.2) is 10.9 Å². The van der Waals surface area contributed by atoms with E-state index in [1.807, 2.05) is 12.1 Å². The van der Waals surface area contributed by atoms with Crippen LogP contribution >= 0.6 is 23.2 Å². The summed E-state index contributed by atoms with van der Waals surface area (Å²) in [7, 11) is 0. The summed E-state index contributed by atoms with van der Waals surface area (Å²) in [6, 6.07) is 5.38. The summed E-state index contributed by atoms with van der Waals surface area (Å²) < 4.78 is 0. The Balaban J connectivity index is 2.69. The molecule has 2 nitrogen and oxygen atoms in total. The first-order valence-electron chi connectivity index (χ1n) is 5.87. The Morgan fingerprint density at radius 2 is 2.06 bits per heavy atom. The van der Waals surface area contributed by atoms with Crippen LogP contribution in [0, 0.1) is 5.92 Å². The highest BCUT2D eigenvalue weighted by molar-refractivity contribution is 6.42. The molecule has 0 aliphatic rings. The Hall–Kier alpha value is -0.990. The molecule has 0 aromatic heterocycles. The van der Waals surface area contributed by atoms with Gasteiger partial charge in [-0.2, -0.15) is 0 Å². The molecular weight excluding hydrogens is 269 g/mol. The first kappa shape index (κ1) is 15.1. The van der Waals surface area contributed by atoms with Crippen molar-refractivity contribution in [2.75, 3.05) is 0 Å². The minimum Gasteiger partial charge on any atom is -0.411 e. The molecule has 0 heterocycles. The van der Waals surface area contributed by atoms with Crippen LogP contribution in [0.1, 0.15) is 32.3 Å². The lowest BCUT2D eigenvalue weighted by Crippen LogP contribution is -1.97. The second kappa shape index (κ2) is 7.45. The average Bonchev–Trinajstić information content (AvgIpc) is 2.33. The van der Waals surface area contributed by atoms with E-state index in [1.165, 1.54) is 0 Å². The predicted octanol–water partition coefficient (Wildman–Crippen LogP) is 5.27. The van der Waals surface area contributed by atoms with E-state index in [4.69, 9.17) is 28.4 Å². The van der Waals surface area contributed by atoms with Crippen molar-refractivity contribution in [3.05, 3.63) is 39.9 Å². The molecule has 1 N–H and O–H groups in total. The van der Waals surface area contributed by atoms with Crippen molar-refractivity contribution in [3.63, 3.8) is 0 Å². The Labute approximate surface area is 118 Å². The molecule has 0 unspecified atom stereocenters. The first-order chi connectivity index (χ1) is 8.52. The topological polar surface area (TPSA) is 32.6 Å². The molecule has 0 saturated heterocycles. The molecule has 0 amide bonds. The van der Waals surface area contributed by atoms with Crippen LogP contribution in [0.4, 0.5) is 0 Å². The van der Waals surface area contributed by atoms with E-state index in [0.29, 0.717) is 21.7 Å². The molecule has 18 heavy (non-hydrogen) atoms. The van der Waals surface area contributed by atoms with E-state index in [2.05, 4.69) is 19.0 Å². The number of oxime groups is 1. The third kappa shape index (κ3) is 5.11. The number of benzene rings is 1. The number of allylic oxidation sites excluding steroid dienone is 1. The van der Waals surface area contributed by atoms with Crippen LogP contribution in [-0.2, 0) is 0 Å². The Morgan fingerprint density at radius 3 is 2.61 bits per heavy atom. The normalized spacial score (nSPS) is 12.6. The van der Waals surface area contributed by atoms with Gasteiger partial charge in [0.25, 0.3) is 0 Å². The standard InChI is InChI=1S/C14H17Cl2NO/c1-10(2)3-6-12(17-18)7-4-11-5-8-13(15)14(16)9-11/h4-5,7-10,18H,3,6H2,1-2H3/b7-4+,17-12+. The second-order valence-corrected chi connectivity index (χ2v) is 5.35. The Kier molecular flexibility index (Phi) is 6.23. The maximum absolute atomic E-state index is 8.91. The highest BCUT2D eigenvalue weighted by Gasteiger charge is 2.00. The second-order valence-electron chi connectivity index (χ2n) is 4.53. The number of hydrogen-bond acceptors (Lipinski definition) is 2. The summed E-state index contributed by atoms with van der Waals surface area (Å²) in [6.07, 6.45) is 5.40. The Bertz CT molecular complexity index is 453. The van der Waals surface area contributed by atoms with Crippen molar-refractivity contribution in [1.82, 2.24) is 0 Å². The summed E-state index contributed by atoms with van der Waals surface area (Å²) in [5, 5.41) is 13.2. The zero-order chi connectivity index (χ0) is 13.5. The van der Waals surface area contributed by atoms with Gasteiger partial charge in [0.2, 0.25) is 0 Å². The van der Waals surface area contributed by atoms with E-state index in [0.717, 1.165) is 18.4 Å². The van der Waals surface area contributed by atoms with Crippen LogP contribution in [0.15, 0.2) is 29.4 Å². The first-order valence-corrected chi connectivity index (χ1v) is 6.62. The van der Waals surface area contributed by atoms with Crippen LogP contribution in [0.25, 0.3) is 6.08 Å². The number of nitrogens with zero attached hydrogens (tertiary/aromatic N) is 1. The number of halogens is 2. The largest absolute Gasteiger partial charge is 0.411 e. The van der Waals surface area contributed by atoms with Crippen LogP contribution < -0.4 is 0 Å². The quantitative estimate of drug-likeness (QED) is 0.446. The summed E-state index contributed by atoms with van der Waals surface area (Å²) in [6.45, 7) is 4.27. The molecule has 0 saturated carbocycles. The molecule has 1 aromatic rings. The molecule has 4 heteroatoms. The van der Waals surface area contributed by atoms with Gasteiger partial charge in [-0.15, -0.1) is 0 Å². The molecule has 0 spiro atoms. The number of rotatable bonds is 5. The van der Waals surface area contributed by atoms with Gasteiger partial charge in [-0.3, -0.25) is 0 Å². The highest BCUT2D eigenvalue weighted by atomic mass is 35.5. The maximum atomic E-state index is 8.91. The van der Waals surface area contributed by atoms with Crippen molar-refractivity contribution < 1.29 is 5.21 Å². The fourth-order valence-corrected chi connectivity index (χ4v) is 1.72. The zero-order valence-corrected chi connectivity index (χ0v) is 12.0. The lowest BCUT2D eigenvalue weighted by molar-refractivity contribution is 0.317. The molecule has 1 rings (SSSR count). The smallest absolute Gasteiger partial charge is 0.0796 e. The van der Waals surface area contributed by atoms with Gasteiger partial charge in [0.15, 0.2) is 0 Å². The fourth-order valence-electron chi connectivity index (χ4n) is 1.41. The van der Waals surface area contributed by atoms with Crippen molar-refractivity contribution >= 4 is 35.0 Å². The predicted molar refractivity (Wildman–Crippen MR) is 78.8 cm³/mol. The maximum Gasteiger partial charge on any atom is 0.0796 e. The third-order valence-electron chi connectivity index (χ3n) is 2.52. The van der Waals surface area contributed by atoms with Gasteiger partial charge in [0.1, 0.15) is 0 Å². The summed E-state index contributed by atoms with van der Waals surface area (Å²) in [5.74, 6) is 0.583.